The maximum Gasteiger partial charge on any atom is 0.161 e. The molecule has 0 amide bonds. The van der Waals surface area contributed by atoms with Crippen LogP contribution in [-0.2, 0) is 0 Å². The second kappa shape index (κ2) is 7.20. The van der Waals surface area contributed by atoms with Crippen LogP contribution in [-0.4, -0.2) is 14.2 Å². The largest absolute Gasteiger partial charge is 0.493 e. The molecule has 0 aliphatic carbocycles. The number of alkyl halides is 1. The Balaban J connectivity index is 2.53. The summed E-state index contributed by atoms with van der Waals surface area (Å²) in [6, 6.07) is 9.95. The van der Waals surface area contributed by atoms with Crippen LogP contribution < -0.4 is 9.47 Å². The highest BCUT2D eigenvalue weighted by Crippen LogP contribution is 2.41. The van der Waals surface area contributed by atoms with E-state index in [2.05, 4.69) is 57.6 Å². The summed E-state index contributed by atoms with van der Waals surface area (Å²) < 4.78 is 12.7. The number of aryl methyl sites for hydroxylation is 1. The summed E-state index contributed by atoms with van der Waals surface area (Å²) in [5.74, 6) is 1.35. The van der Waals surface area contributed by atoms with Gasteiger partial charge in [0.2, 0.25) is 0 Å². The van der Waals surface area contributed by atoms with Gasteiger partial charge in [0.25, 0.3) is 0 Å². The SMILES string of the molecule is COc1cc(Br)c(C(Cl)c2cccc(C)c2I)cc1OC. The molecule has 2 aromatic rings. The predicted molar refractivity (Wildman–Crippen MR) is 98.8 cm³/mol. The van der Waals surface area contributed by atoms with Crippen LogP contribution in [0.5, 0.6) is 11.5 Å². The summed E-state index contributed by atoms with van der Waals surface area (Å²) in [7, 11) is 3.24. The van der Waals surface area contributed by atoms with E-state index in [-0.39, 0.29) is 5.38 Å². The maximum atomic E-state index is 6.71. The first kappa shape index (κ1) is 16.9. The normalized spacial score (nSPS) is 12.1. The lowest BCUT2D eigenvalue weighted by Crippen LogP contribution is -2.01. The van der Waals surface area contributed by atoms with Gasteiger partial charge in [-0.05, 0) is 58.3 Å². The summed E-state index contributed by atoms with van der Waals surface area (Å²) in [4.78, 5) is 0. The number of benzene rings is 2. The average Bonchev–Trinajstić information content (AvgIpc) is 2.49. The molecule has 0 radical (unpaired) electrons. The molecule has 2 nitrogen and oxygen atoms in total. The molecule has 112 valence electrons. The lowest BCUT2D eigenvalue weighted by molar-refractivity contribution is 0.354. The molecule has 0 N–H and O–H groups in total. The Morgan fingerprint density at radius 2 is 1.71 bits per heavy atom. The van der Waals surface area contributed by atoms with Crippen molar-refractivity contribution in [2.24, 2.45) is 0 Å². The lowest BCUT2D eigenvalue weighted by Gasteiger charge is -2.18. The first-order valence-corrected chi connectivity index (χ1v) is 8.61. The first-order valence-electron chi connectivity index (χ1n) is 6.30. The minimum Gasteiger partial charge on any atom is -0.493 e. The Morgan fingerprint density at radius 3 is 2.33 bits per heavy atom. The second-order valence-corrected chi connectivity index (χ2v) is 6.94. The van der Waals surface area contributed by atoms with Crippen molar-refractivity contribution in [3.63, 3.8) is 0 Å². The molecule has 0 saturated carbocycles. The minimum absolute atomic E-state index is 0.258. The highest BCUT2D eigenvalue weighted by atomic mass is 127. The fourth-order valence-corrected chi connectivity index (χ4v) is 4.00. The second-order valence-electron chi connectivity index (χ2n) is 4.57. The van der Waals surface area contributed by atoms with Gasteiger partial charge in [0.15, 0.2) is 11.5 Å². The van der Waals surface area contributed by atoms with Gasteiger partial charge in [0.05, 0.1) is 19.6 Å². The van der Waals surface area contributed by atoms with E-state index in [1.54, 1.807) is 14.2 Å². The van der Waals surface area contributed by atoms with E-state index >= 15 is 0 Å². The summed E-state index contributed by atoms with van der Waals surface area (Å²) >= 11 is 12.6. The zero-order valence-corrected chi connectivity index (χ0v) is 16.4. The van der Waals surface area contributed by atoms with Gasteiger partial charge in [-0.1, -0.05) is 34.1 Å². The Kier molecular flexibility index (Phi) is 5.80. The van der Waals surface area contributed by atoms with Crippen LogP contribution in [0.4, 0.5) is 0 Å². The first-order chi connectivity index (χ1) is 9.99. The van der Waals surface area contributed by atoms with Crippen molar-refractivity contribution in [1.29, 1.82) is 0 Å². The molecule has 1 unspecified atom stereocenters. The molecule has 0 heterocycles. The molecule has 2 aromatic carbocycles. The molecule has 0 spiro atoms. The van der Waals surface area contributed by atoms with Crippen LogP contribution in [0.1, 0.15) is 22.1 Å². The summed E-state index contributed by atoms with van der Waals surface area (Å²) in [5.41, 5.74) is 3.26. The molecule has 0 fully saturated rings. The zero-order chi connectivity index (χ0) is 15.6. The molecule has 0 bridgehead atoms. The lowest BCUT2D eigenvalue weighted by atomic mass is 10.0. The number of halogens is 3. The summed E-state index contributed by atoms with van der Waals surface area (Å²) in [6.45, 7) is 2.08. The molecule has 0 aromatic heterocycles. The topological polar surface area (TPSA) is 18.5 Å². The molecule has 0 saturated heterocycles. The van der Waals surface area contributed by atoms with Crippen molar-refractivity contribution in [3.05, 3.63) is 55.1 Å². The Labute approximate surface area is 152 Å². The molecular weight excluding hydrogens is 466 g/mol. The molecule has 5 heteroatoms. The highest BCUT2D eigenvalue weighted by molar-refractivity contribution is 14.1. The fraction of sp³-hybridized carbons (Fsp3) is 0.250. The molecule has 0 aliphatic rings. The van der Waals surface area contributed by atoms with E-state index in [1.807, 2.05) is 18.2 Å². The van der Waals surface area contributed by atoms with Crippen molar-refractivity contribution < 1.29 is 9.47 Å². The van der Waals surface area contributed by atoms with Crippen LogP contribution in [0, 0.1) is 10.5 Å². The van der Waals surface area contributed by atoms with Crippen molar-refractivity contribution >= 4 is 50.1 Å². The smallest absolute Gasteiger partial charge is 0.161 e. The van der Waals surface area contributed by atoms with Gasteiger partial charge in [-0.15, -0.1) is 11.6 Å². The zero-order valence-electron chi connectivity index (χ0n) is 11.9. The van der Waals surface area contributed by atoms with Crippen LogP contribution >= 0.6 is 50.1 Å². The maximum absolute atomic E-state index is 6.71. The molecular formula is C16H15BrClIO2. The monoisotopic (exact) mass is 480 g/mol. The standard InChI is InChI=1S/C16H15BrClIO2/c1-9-5-4-6-10(16(9)19)15(18)11-7-13(20-2)14(21-3)8-12(11)17/h4-8,15H,1-3H3. The Hall–Kier alpha value is -0.460. The molecule has 1 atom stereocenters. The van der Waals surface area contributed by atoms with Gasteiger partial charge >= 0.3 is 0 Å². The summed E-state index contributed by atoms with van der Waals surface area (Å²) in [6.07, 6.45) is 0. The number of rotatable bonds is 4. The van der Waals surface area contributed by atoms with Crippen LogP contribution in [0.15, 0.2) is 34.8 Å². The number of hydrogen-bond acceptors (Lipinski definition) is 2. The van der Waals surface area contributed by atoms with E-state index in [4.69, 9.17) is 21.1 Å². The highest BCUT2D eigenvalue weighted by Gasteiger charge is 2.20. The molecule has 0 aliphatic heterocycles. The third kappa shape index (κ3) is 3.48. The van der Waals surface area contributed by atoms with Crippen molar-refractivity contribution in [2.75, 3.05) is 14.2 Å². The summed E-state index contributed by atoms with van der Waals surface area (Å²) in [5, 5.41) is -0.258. The number of hydrogen-bond donors (Lipinski definition) is 0. The van der Waals surface area contributed by atoms with Gasteiger partial charge < -0.3 is 9.47 Å². The molecule has 2 rings (SSSR count). The van der Waals surface area contributed by atoms with Crippen molar-refractivity contribution in [3.8, 4) is 11.5 Å². The van der Waals surface area contributed by atoms with Crippen LogP contribution in [0.2, 0.25) is 0 Å². The Bertz CT molecular complexity index is 661. The van der Waals surface area contributed by atoms with Crippen molar-refractivity contribution in [2.45, 2.75) is 12.3 Å². The number of ether oxygens (including phenoxy) is 2. The Morgan fingerprint density at radius 1 is 1.10 bits per heavy atom. The van der Waals surface area contributed by atoms with E-state index in [9.17, 15) is 0 Å². The average molecular weight is 482 g/mol. The van der Waals surface area contributed by atoms with Gasteiger partial charge in [-0.25, -0.2) is 0 Å². The van der Waals surface area contributed by atoms with E-state index < -0.39 is 0 Å². The third-order valence-electron chi connectivity index (χ3n) is 3.27. The van der Waals surface area contributed by atoms with E-state index in [0.717, 1.165) is 15.6 Å². The van der Waals surface area contributed by atoms with E-state index in [1.165, 1.54) is 9.13 Å². The van der Waals surface area contributed by atoms with Gasteiger partial charge in [-0.3, -0.25) is 0 Å². The third-order valence-corrected chi connectivity index (χ3v) is 5.90. The minimum atomic E-state index is -0.258. The van der Waals surface area contributed by atoms with Crippen LogP contribution in [0.25, 0.3) is 0 Å². The molecule has 21 heavy (non-hydrogen) atoms. The van der Waals surface area contributed by atoms with Gasteiger partial charge in [-0.2, -0.15) is 0 Å². The van der Waals surface area contributed by atoms with E-state index in [0.29, 0.717) is 11.5 Å². The predicted octanol–water partition coefficient (Wildman–Crippen LogP) is 5.71. The fourth-order valence-electron chi connectivity index (χ4n) is 2.10. The van der Waals surface area contributed by atoms with Gasteiger partial charge in [0, 0.05) is 8.04 Å². The van der Waals surface area contributed by atoms with Crippen molar-refractivity contribution in [1.82, 2.24) is 0 Å². The quantitative estimate of drug-likeness (QED) is 0.412. The number of methoxy groups -OCH3 is 2. The van der Waals surface area contributed by atoms with Crippen LogP contribution in [0.3, 0.4) is 0 Å². The van der Waals surface area contributed by atoms with Gasteiger partial charge in [0.1, 0.15) is 0 Å².